The highest BCUT2D eigenvalue weighted by atomic mass is 35.5. The summed E-state index contributed by atoms with van der Waals surface area (Å²) in [6.45, 7) is 2.56. The topological polar surface area (TPSA) is 91.7 Å². The minimum Gasteiger partial charge on any atom is -0.492 e. The van der Waals surface area contributed by atoms with Gasteiger partial charge in [-0.05, 0) is 50.5 Å². The summed E-state index contributed by atoms with van der Waals surface area (Å²) in [5.74, 6) is 2.42. The maximum Gasteiger partial charge on any atom is 0.187 e. The third kappa shape index (κ3) is 3.68. The van der Waals surface area contributed by atoms with E-state index in [1.165, 1.54) is 0 Å². The lowest BCUT2D eigenvalue weighted by molar-refractivity contribution is -0.0663. The van der Waals surface area contributed by atoms with Gasteiger partial charge in [-0.3, -0.25) is 9.55 Å². The van der Waals surface area contributed by atoms with E-state index >= 15 is 0 Å². The number of rotatable bonds is 5. The molecule has 156 valence electrons. The van der Waals surface area contributed by atoms with Crippen LogP contribution in [0.3, 0.4) is 0 Å². The van der Waals surface area contributed by atoms with E-state index in [0.717, 1.165) is 42.2 Å². The molecule has 3 aliphatic carbocycles. The fourth-order valence-electron chi connectivity index (χ4n) is 4.39. The van der Waals surface area contributed by atoms with E-state index in [4.69, 9.17) is 10.5 Å². The molecule has 2 N–H and O–H groups in total. The molecular formula is C19H23Cl3N6O. The van der Waals surface area contributed by atoms with Gasteiger partial charge in [0.15, 0.2) is 5.82 Å². The summed E-state index contributed by atoms with van der Waals surface area (Å²) < 4.78 is 7.56. The number of aromatic nitrogens is 5. The normalized spacial score (nSPS) is 23.4. The van der Waals surface area contributed by atoms with Crippen molar-refractivity contribution in [1.82, 2.24) is 24.7 Å². The van der Waals surface area contributed by atoms with Crippen LogP contribution >= 0.6 is 37.2 Å². The molecular weight excluding hydrogens is 435 g/mol. The van der Waals surface area contributed by atoms with Crippen molar-refractivity contribution in [3.63, 3.8) is 0 Å². The van der Waals surface area contributed by atoms with E-state index in [0.29, 0.717) is 12.4 Å². The quantitative estimate of drug-likeness (QED) is 0.630. The average molecular weight is 458 g/mol. The fraction of sp³-hybridized carbons (Fsp3) is 0.368. The Bertz CT molecular complexity index is 944. The summed E-state index contributed by atoms with van der Waals surface area (Å²) in [6, 6.07) is 7.75. The minimum atomic E-state index is 0. The van der Waals surface area contributed by atoms with Gasteiger partial charge < -0.3 is 10.5 Å². The Morgan fingerprint density at radius 2 is 1.83 bits per heavy atom. The number of ether oxygens (including phenoxy) is 1. The number of hydrogen-bond acceptors (Lipinski definition) is 6. The van der Waals surface area contributed by atoms with Crippen molar-refractivity contribution in [2.24, 2.45) is 5.73 Å². The summed E-state index contributed by atoms with van der Waals surface area (Å²) in [6.07, 6.45) is 8.21. The molecule has 0 radical (unpaired) electrons. The highest BCUT2D eigenvalue weighted by Gasteiger charge is 2.68. The lowest BCUT2D eigenvalue weighted by Gasteiger charge is -2.68. The number of nitrogens with zero attached hydrogens (tertiary/aromatic N) is 5. The van der Waals surface area contributed by atoms with Crippen LogP contribution in [-0.2, 0) is 5.41 Å². The third-order valence-electron chi connectivity index (χ3n) is 5.39. The first-order chi connectivity index (χ1) is 12.6. The molecule has 3 fully saturated rings. The van der Waals surface area contributed by atoms with Crippen molar-refractivity contribution in [2.75, 3.05) is 6.61 Å². The number of hydrogen-bond donors (Lipinski definition) is 1. The van der Waals surface area contributed by atoms with Gasteiger partial charge in [0.1, 0.15) is 17.3 Å². The molecule has 3 aromatic heterocycles. The Morgan fingerprint density at radius 3 is 2.38 bits per heavy atom. The van der Waals surface area contributed by atoms with Gasteiger partial charge in [-0.1, -0.05) is 0 Å². The summed E-state index contributed by atoms with van der Waals surface area (Å²) in [4.78, 5) is 8.79. The Hall–Kier alpha value is -1.93. The maximum absolute atomic E-state index is 6.27. The molecule has 29 heavy (non-hydrogen) atoms. The smallest absolute Gasteiger partial charge is 0.187 e. The van der Waals surface area contributed by atoms with Crippen LogP contribution in [0, 0.1) is 0 Å². The second-order valence-corrected chi connectivity index (χ2v) is 7.38. The van der Waals surface area contributed by atoms with Crippen LogP contribution in [0.5, 0.6) is 5.75 Å². The first kappa shape index (κ1) is 23.3. The van der Waals surface area contributed by atoms with Crippen LogP contribution in [0.2, 0.25) is 0 Å². The molecule has 7 nitrogen and oxygen atoms in total. The zero-order chi connectivity index (χ0) is 17.8. The van der Waals surface area contributed by atoms with Crippen molar-refractivity contribution >= 4 is 37.2 Å². The van der Waals surface area contributed by atoms with Gasteiger partial charge in [0.05, 0.1) is 24.7 Å². The van der Waals surface area contributed by atoms with E-state index in [-0.39, 0.29) is 48.2 Å². The number of nitrogens with two attached hydrogens (primary N) is 1. The number of pyridine rings is 2. The SMILES string of the molecule is CCOc1ccc(-c2nnc(C34CC(N)(C3)C4)n2-c2cccnc2)nc1.Cl.Cl.Cl. The zero-order valence-corrected chi connectivity index (χ0v) is 18.3. The molecule has 3 aliphatic rings. The standard InChI is InChI=1S/C19H20N6O.3ClH/c1-2-26-14-5-6-15(22-9-14)16-23-24-17(18-10-19(20,11-18)12-18)25(16)13-4-3-7-21-8-13;;;/h3-9H,2,10-12,20H2,1H3;3*1H. The van der Waals surface area contributed by atoms with Gasteiger partial charge in [0.2, 0.25) is 0 Å². The molecule has 3 aromatic rings. The molecule has 0 spiro atoms. The van der Waals surface area contributed by atoms with E-state index in [1.807, 2.05) is 37.4 Å². The predicted octanol–water partition coefficient (Wildman–Crippen LogP) is 3.52. The Labute approximate surface area is 187 Å². The van der Waals surface area contributed by atoms with Crippen molar-refractivity contribution in [2.45, 2.75) is 37.1 Å². The van der Waals surface area contributed by atoms with E-state index in [2.05, 4.69) is 24.7 Å². The second kappa shape index (κ2) is 8.44. The fourth-order valence-corrected chi connectivity index (χ4v) is 4.39. The molecule has 3 heterocycles. The predicted molar refractivity (Wildman–Crippen MR) is 118 cm³/mol. The van der Waals surface area contributed by atoms with Crippen molar-refractivity contribution in [1.29, 1.82) is 0 Å². The van der Waals surface area contributed by atoms with Crippen LogP contribution < -0.4 is 10.5 Å². The average Bonchev–Trinajstić information content (AvgIpc) is 3.05. The van der Waals surface area contributed by atoms with Crippen molar-refractivity contribution < 1.29 is 4.74 Å². The lowest BCUT2D eigenvalue weighted by Crippen LogP contribution is -2.75. The molecule has 0 amide bonds. The molecule has 3 saturated carbocycles. The minimum absolute atomic E-state index is 0. The largest absolute Gasteiger partial charge is 0.492 e. The van der Waals surface area contributed by atoms with E-state index < -0.39 is 0 Å². The molecule has 2 bridgehead atoms. The van der Waals surface area contributed by atoms with E-state index in [1.54, 1.807) is 12.4 Å². The first-order valence-electron chi connectivity index (χ1n) is 8.87. The van der Waals surface area contributed by atoms with Crippen LogP contribution in [0.15, 0.2) is 42.9 Å². The van der Waals surface area contributed by atoms with Gasteiger partial charge in [-0.25, -0.2) is 4.98 Å². The Morgan fingerprint density at radius 1 is 1.07 bits per heavy atom. The molecule has 10 heteroatoms. The highest BCUT2D eigenvalue weighted by molar-refractivity contribution is 5.86. The zero-order valence-electron chi connectivity index (χ0n) is 15.8. The summed E-state index contributed by atoms with van der Waals surface area (Å²) in [5, 5.41) is 9.02. The molecule has 0 aliphatic heterocycles. The van der Waals surface area contributed by atoms with E-state index in [9.17, 15) is 0 Å². The summed E-state index contributed by atoms with van der Waals surface area (Å²) >= 11 is 0. The summed E-state index contributed by atoms with van der Waals surface area (Å²) in [5.41, 5.74) is 8.01. The van der Waals surface area contributed by atoms with Crippen LogP contribution in [-0.4, -0.2) is 36.9 Å². The Balaban J connectivity index is 0.000001000. The van der Waals surface area contributed by atoms with Gasteiger partial charge in [0.25, 0.3) is 0 Å². The maximum atomic E-state index is 6.27. The van der Waals surface area contributed by atoms with Crippen LogP contribution in [0.1, 0.15) is 32.0 Å². The number of halogens is 3. The molecule has 0 aromatic carbocycles. The first-order valence-corrected chi connectivity index (χ1v) is 8.87. The van der Waals surface area contributed by atoms with Gasteiger partial charge >= 0.3 is 0 Å². The van der Waals surface area contributed by atoms with Crippen molar-refractivity contribution in [3.05, 3.63) is 48.7 Å². The molecule has 6 rings (SSSR count). The van der Waals surface area contributed by atoms with Gasteiger partial charge in [0, 0.05) is 17.2 Å². The van der Waals surface area contributed by atoms with Crippen LogP contribution in [0.25, 0.3) is 17.2 Å². The highest BCUT2D eigenvalue weighted by Crippen LogP contribution is 2.66. The molecule has 0 atom stereocenters. The van der Waals surface area contributed by atoms with Crippen LogP contribution in [0.4, 0.5) is 0 Å². The molecule has 0 unspecified atom stereocenters. The summed E-state index contributed by atoms with van der Waals surface area (Å²) in [7, 11) is 0. The monoisotopic (exact) mass is 456 g/mol. The van der Waals surface area contributed by atoms with Gasteiger partial charge in [-0.15, -0.1) is 47.4 Å². The molecule has 0 saturated heterocycles. The van der Waals surface area contributed by atoms with Crippen molar-refractivity contribution in [3.8, 4) is 23.0 Å². The van der Waals surface area contributed by atoms with Gasteiger partial charge in [-0.2, -0.15) is 0 Å². The second-order valence-electron chi connectivity index (χ2n) is 7.38. The third-order valence-corrected chi connectivity index (χ3v) is 5.39. The Kier molecular flexibility index (Phi) is 6.79. The lowest BCUT2D eigenvalue weighted by atomic mass is 9.39.